The van der Waals surface area contributed by atoms with Crippen molar-refractivity contribution in [3.05, 3.63) is 43.0 Å². The molecule has 2 aliphatic carbocycles. The van der Waals surface area contributed by atoms with E-state index in [9.17, 15) is 30.1 Å². The quantitative estimate of drug-likeness (QED) is 0.586. The molecule has 1 fully saturated rings. The lowest BCUT2D eigenvalue weighted by Gasteiger charge is -2.53. The minimum Gasteiger partial charge on any atom is -0.481 e. The zero-order valence-electron chi connectivity index (χ0n) is 16.7. The van der Waals surface area contributed by atoms with E-state index in [0.29, 0.717) is 43.2 Å². The fourth-order valence-corrected chi connectivity index (χ4v) is 5.78. The van der Waals surface area contributed by atoms with Gasteiger partial charge in [0, 0.05) is 11.6 Å². The maximum absolute atomic E-state index is 12.1. The van der Waals surface area contributed by atoms with Crippen LogP contribution in [0.2, 0.25) is 0 Å². The molecule has 0 spiro atoms. The summed E-state index contributed by atoms with van der Waals surface area (Å²) in [5.74, 6) is -1.45. The number of nitro groups is 2. The molecule has 152 valence electrons. The largest absolute Gasteiger partial charge is 0.481 e. The number of hydrogen-bond donors (Lipinski definition) is 1. The predicted octanol–water partition coefficient (Wildman–Crippen LogP) is 4.72. The van der Waals surface area contributed by atoms with Gasteiger partial charge in [0.2, 0.25) is 0 Å². The summed E-state index contributed by atoms with van der Waals surface area (Å²) in [5.41, 5.74) is -0.653. The van der Waals surface area contributed by atoms with E-state index in [1.54, 1.807) is 20.8 Å². The van der Waals surface area contributed by atoms with Crippen LogP contribution in [0.1, 0.15) is 76.0 Å². The molecule has 2 aliphatic rings. The highest BCUT2D eigenvalue weighted by molar-refractivity contribution is 5.76. The monoisotopic (exact) mass is 390 g/mol. The molecule has 1 aromatic rings. The summed E-state index contributed by atoms with van der Waals surface area (Å²) >= 11 is 0. The van der Waals surface area contributed by atoms with E-state index in [-0.39, 0.29) is 28.8 Å². The number of fused-ring (bicyclic) bond motifs is 3. The van der Waals surface area contributed by atoms with E-state index in [4.69, 9.17) is 0 Å². The SMILES string of the molecule is CC(C)c1c([N+](=O)[O-])cc2c(c1[N+](=O)[O-])CC[C@H]1[C@](C)(C(=O)O)CCC[C@]21C. The maximum atomic E-state index is 12.1. The molecule has 0 bridgehead atoms. The van der Waals surface area contributed by atoms with Crippen LogP contribution in [-0.4, -0.2) is 20.9 Å². The Morgan fingerprint density at radius 3 is 2.36 bits per heavy atom. The first kappa shape index (κ1) is 20.2. The highest BCUT2D eigenvalue weighted by atomic mass is 16.6. The zero-order chi connectivity index (χ0) is 21.0. The molecule has 0 aliphatic heterocycles. The molecular formula is C20H26N2O6. The number of carboxylic acids is 1. The van der Waals surface area contributed by atoms with Gasteiger partial charge in [0.15, 0.2) is 0 Å². The van der Waals surface area contributed by atoms with Crippen LogP contribution < -0.4 is 0 Å². The van der Waals surface area contributed by atoms with Gasteiger partial charge in [-0.3, -0.25) is 25.0 Å². The summed E-state index contributed by atoms with van der Waals surface area (Å²) in [6, 6.07) is 1.50. The Kier molecular flexibility index (Phi) is 4.72. The Morgan fingerprint density at radius 1 is 1.21 bits per heavy atom. The standard InChI is InChI=1S/C20H26N2O6/c1-11(2)16-14(21(25)26)10-13-12(17(16)22(27)28)6-7-15-19(13,3)8-5-9-20(15,4)18(23)24/h10-11,15H,5-9H2,1-4H3,(H,23,24)/t15-,19-,20-/m1/s1. The first-order valence-electron chi connectivity index (χ1n) is 9.67. The molecule has 0 unspecified atom stereocenters. The maximum Gasteiger partial charge on any atom is 0.309 e. The molecule has 0 amide bonds. The molecule has 8 heteroatoms. The molecule has 0 radical (unpaired) electrons. The van der Waals surface area contributed by atoms with Gasteiger partial charge >= 0.3 is 5.97 Å². The van der Waals surface area contributed by atoms with Gasteiger partial charge in [-0.1, -0.05) is 27.2 Å². The van der Waals surface area contributed by atoms with Crippen LogP contribution in [0.3, 0.4) is 0 Å². The van der Waals surface area contributed by atoms with Crippen LogP contribution >= 0.6 is 0 Å². The number of carboxylic acid groups (broad SMARTS) is 1. The van der Waals surface area contributed by atoms with Crippen molar-refractivity contribution in [2.75, 3.05) is 0 Å². The fraction of sp³-hybridized carbons (Fsp3) is 0.650. The van der Waals surface area contributed by atoms with Crippen LogP contribution in [0.15, 0.2) is 6.07 Å². The Bertz CT molecular complexity index is 880. The van der Waals surface area contributed by atoms with Gasteiger partial charge in [0.05, 0.1) is 15.3 Å². The predicted molar refractivity (Wildman–Crippen MR) is 103 cm³/mol. The van der Waals surface area contributed by atoms with Gasteiger partial charge in [-0.15, -0.1) is 0 Å². The van der Waals surface area contributed by atoms with Crippen LogP contribution in [0.4, 0.5) is 11.4 Å². The second-order valence-electron chi connectivity index (χ2n) is 8.94. The molecule has 0 saturated heterocycles. The van der Waals surface area contributed by atoms with E-state index >= 15 is 0 Å². The third-order valence-electron chi connectivity index (χ3n) is 7.10. The Labute approximate surface area is 163 Å². The number of rotatable bonds is 4. The van der Waals surface area contributed by atoms with Gasteiger partial charge in [0.25, 0.3) is 11.4 Å². The molecule has 0 aromatic heterocycles. The van der Waals surface area contributed by atoms with Crippen molar-refractivity contribution >= 4 is 17.3 Å². The molecule has 8 nitrogen and oxygen atoms in total. The normalized spacial score (nSPS) is 29.1. The summed E-state index contributed by atoms with van der Waals surface area (Å²) in [7, 11) is 0. The lowest BCUT2D eigenvalue weighted by molar-refractivity contribution is -0.396. The molecular weight excluding hydrogens is 364 g/mol. The molecule has 1 N–H and O–H groups in total. The van der Waals surface area contributed by atoms with Gasteiger partial charge in [0.1, 0.15) is 5.56 Å². The number of nitrogens with zero attached hydrogens (tertiary/aromatic N) is 2. The van der Waals surface area contributed by atoms with E-state index in [1.165, 1.54) is 6.07 Å². The minimum absolute atomic E-state index is 0.151. The van der Waals surface area contributed by atoms with E-state index < -0.39 is 26.6 Å². The Balaban J connectivity index is 2.34. The summed E-state index contributed by atoms with van der Waals surface area (Å²) in [5, 5.41) is 33.6. The van der Waals surface area contributed by atoms with Crippen molar-refractivity contribution < 1.29 is 19.7 Å². The molecule has 3 atom stereocenters. The third-order valence-corrected chi connectivity index (χ3v) is 7.10. The van der Waals surface area contributed by atoms with E-state index in [2.05, 4.69) is 0 Å². The minimum atomic E-state index is -0.940. The zero-order valence-corrected chi connectivity index (χ0v) is 16.7. The molecule has 1 saturated carbocycles. The van der Waals surface area contributed by atoms with Crippen LogP contribution in [0, 0.1) is 31.6 Å². The van der Waals surface area contributed by atoms with Crippen LogP contribution in [-0.2, 0) is 16.6 Å². The van der Waals surface area contributed by atoms with Crippen molar-refractivity contribution in [2.45, 2.75) is 71.1 Å². The van der Waals surface area contributed by atoms with E-state index in [1.807, 2.05) is 6.92 Å². The second-order valence-corrected chi connectivity index (χ2v) is 8.94. The lowest BCUT2D eigenvalue weighted by atomic mass is 9.49. The van der Waals surface area contributed by atoms with Crippen molar-refractivity contribution in [2.24, 2.45) is 11.3 Å². The lowest BCUT2D eigenvalue weighted by Crippen LogP contribution is -2.52. The van der Waals surface area contributed by atoms with Crippen molar-refractivity contribution in [1.29, 1.82) is 0 Å². The molecule has 0 heterocycles. The number of hydrogen-bond acceptors (Lipinski definition) is 5. The van der Waals surface area contributed by atoms with Gasteiger partial charge in [-0.05, 0) is 55.4 Å². The topological polar surface area (TPSA) is 124 Å². The first-order valence-corrected chi connectivity index (χ1v) is 9.67. The average molecular weight is 390 g/mol. The molecule has 1 aromatic carbocycles. The number of aliphatic carboxylic acids is 1. The number of benzene rings is 1. The van der Waals surface area contributed by atoms with Crippen LogP contribution in [0.25, 0.3) is 0 Å². The van der Waals surface area contributed by atoms with Crippen molar-refractivity contribution in [3.63, 3.8) is 0 Å². The Morgan fingerprint density at radius 2 is 1.86 bits per heavy atom. The summed E-state index contributed by atoms with van der Waals surface area (Å²) in [6.07, 6.45) is 2.78. The Hall–Kier alpha value is -2.51. The van der Waals surface area contributed by atoms with Gasteiger partial charge in [-0.2, -0.15) is 0 Å². The second kappa shape index (κ2) is 6.53. The first-order chi connectivity index (χ1) is 12.9. The number of carbonyl (C=O) groups is 1. The van der Waals surface area contributed by atoms with Crippen molar-refractivity contribution in [1.82, 2.24) is 0 Å². The smallest absolute Gasteiger partial charge is 0.309 e. The summed E-state index contributed by atoms with van der Waals surface area (Å²) < 4.78 is 0. The highest BCUT2D eigenvalue weighted by Crippen LogP contribution is 2.59. The molecule has 3 rings (SSSR count). The fourth-order valence-electron chi connectivity index (χ4n) is 5.78. The van der Waals surface area contributed by atoms with Crippen molar-refractivity contribution in [3.8, 4) is 0 Å². The van der Waals surface area contributed by atoms with Gasteiger partial charge in [-0.25, -0.2) is 0 Å². The number of nitro benzene ring substituents is 2. The van der Waals surface area contributed by atoms with Crippen LogP contribution in [0.5, 0.6) is 0 Å². The summed E-state index contributed by atoms with van der Waals surface area (Å²) in [4.78, 5) is 34.8. The summed E-state index contributed by atoms with van der Waals surface area (Å²) in [6.45, 7) is 7.11. The third kappa shape index (κ3) is 2.69. The van der Waals surface area contributed by atoms with E-state index in [0.717, 1.165) is 0 Å². The average Bonchev–Trinajstić information content (AvgIpc) is 2.59. The highest BCUT2D eigenvalue weighted by Gasteiger charge is 2.56. The molecule has 28 heavy (non-hydrogen) atoms. The van der Waals surface area contributed by atoms with Gasteiger partial charge < -0.3 is 5.11 Å².